The molecule has 0 bridgehead atoms. The molecule has 6 nitrogen and oxygen atoms in total. The molecule has 0 fully saturated rings. The van der Waals surface area contributed by atoms with Crippen molar-refractivity contribution in [3.63, 3.8) is 0 Å². The largest absolute Gasteiger partial charge is 0.278 e. The lowest BCUT2D eigenvalue weighted by Gasteiger charge is -2.11. The van der Waals surface area contributed by atoms with Crippen LogP contribution in [0.4, 0.5) is 0 Å². The summed E-state index contributed by atoms with van der Waals surface area (Å²) in [5, 5.41) is 14.4. The molecule has 0 unspecified atom stereocenters. The number of aromatic nitrogens is 5. The molecule has 8 heteroatoms. The molecule has 3 aromatic heterocycles. The number of hydrogen-bond acceptors (Lipinski definition) is 5. The van der Waals surface area contributed by atoms with Gasteiger partial charge in [-0.05, 0) is 63.8 Å². The van der Waals surface area contributed by atoms with Crippen LogP contribution >= 0.6 is 22.9 Å². The van der Waals surface area contributed by atoms with Crippen molar-refractivity contribution in [3.8, 4) is 16.8 Å². The molecule has 35 heavy (non-hydrogen) atoms. The number of thiophene rings is 1. The van der Waals surface area contributed by atoms with Crippen LogP contribution in [0, 0.1) is 25.7 Å². The minimum absolute atomic E-state index is 0.193. The Morgan fingerprint density at radius 3 is 2.69 bits per heavy atom. The summed E-state index contributed by atoms with van der Waals surface area (Å²) in [6.07, 6.45) is 12.2. The second-order valence-electron chi connectivity index (χ2n) is 8.12. The Hall–Kier alpha value is -3.21. The second-order valence-corrected chi connectivity index (χ2v) is 9.60. The van der Waals surface area contributed by atoms with Gasteiger partial charge in [-0.1, -0.05) is 49.1 Å². The molecule has 182 valence electrons. The lowest BCUT2D eigenvalue weighted by atomic mass is 10.1. The molecular weight excluding hydrogens is 476 g/mol. The molecule has 0 aromatic carbocycles. The van der Waals surface area contributed by atoms with Crippen LogP contribution in [0.2, 0.25) is 0 Å². The monoisotopic (exact) mass is 506 g/mol. The highest BCUT2D eigenvalue weighted by Crippen LogP contribution is 2.32. The van der Waals surface area contributed by atoms with Crippen LogP contribution in [-0.4, -0.2) is 30.3 Å². The van der Waals surface area contributed by atoms with Crippen LogP contribution in [0.1, 0.15) is 67.5 Å². The number of hydrogen-bond donors (Lipinski definition) is 0. The summed E-state index contributed by atoms with van der Waals surface area (Å²) in [5.74, 6) is 7.34. The van der Waals surface area contributed by atoms with Gasteiger partial charge in [0.1, 0.15) is 17.4 Å². The van der Waals surface area contributed by atoms with E-state index in [2.05, 4.69) is 67.5 Å². The summed E-state index contributed by atoms with van der Waals surface area (Å²) in [6, 6.07) is -0.193. The fourth-order valence-electron chi connectivity index (χ4n) is 3.50. The van der Waals surface area contributed by atoms with Crippen molar-refractivity contribution >= 4 is 28.6 Å². The first-order valence-electron chi connectivity index (χ1n) is 11.6. The molecular formula is C27H31ClN6S. The van der Waals surface area contributed by atoms with Crippen LogP contribution in [-0.2, 0) is 6.54 Å². The maximum absolute atomic E-state index is 5.91. The Balaban J connectivity index is 1.93. The fourth-order valence-corrected chi connectivity index (χ4v) is 4.71. The quantitative estimate of drug-likeness (QED) is 0.193. The number of halogens is 1. The molecule has 0 radical (unpaired) electrons. The van der Waals surface area contributed by atoms with E-state index in [1.165, 1.54) is 0 Å². The minimum Gasteiger partial charge on any atom is -0.278 e. The zero-order valence-corrected chi connectivity index (χ0v) is 22.7. The Morgan fingerprint density at radius 2 is 2.03 bits per heavy atom. The van der Waals surface area contributed by atoms with Crippen LogP contribution in [0.15, 0.2) is 59.1 Å². The Labute approximate surface area is 216 Å². The Morgan fingerprint density at radius 1 is 1.26 bits per heavy atom. The molecule has 0 aliphatic carbocycles. The standard InChI is InChI=1S/C27H31ClN6S/c1-8-10-24(13-11-18(3)28)21(6)31-22(7)26-32-29-17-34(26)27-20(5)19(4)25(35-27)14-12-23-15-30-33(9-2)16-23/h10-11,13,15-17,22H,3,8-9H2,1-2,4-7H3/b13-11-,24-10+,31-21?/t22-/m0/s1. The van der Waals surface area contributed by atoms with Crippen molar-refractivity contribution in [2.45, 2.75) is 60.5 Å². The molecule has 0 aliphatic heterocycles. The first-order valence-corrected chi connectivity index (χ1v) is 12.8. The summed E-state index contributed by atoms with van der Waals surface area (Å²) in [7, 11) is 0. The average Bonchev–Trinajstić information content (AvgIpc) is 3.55. The summed E-state index contributed by atoms with van der Waals surface area (Å²) in [5.41, 5.74) is 5.14. The number of nitrogens with zero attached hydrogens (tertiary/aromatic N) is 6. The topological polar surface area (TPSA) is 60.9 Å². The van der Waals surface area contributed by atoms with Gasteiger partial charge in [0.05, 0.1) is 16.6 Å². The van der Waals surface area contributed by atoms with Crippen molar-refractivity contribution in [1.82, 2.24) is 24.5 Å². The number of rotatable bonds is 8. The van der Waals surface area contributed by atoms with Crippen molar-refractivity contribution in [2.75, 3.05) is 0 Å². The Bertz CT molecular complexity index is 1360. The lowest BCUT2D eigenvalue weighted by Crippen LogP contribution is -2.06. The normalized spacial score (nSPS) is 13.2. The van der Waals surface area contributed by atoms with E-state index < -0.39 is 0 Å². The fraction of sp³-hybridized carbons (Fsp3) is 0.333. The van der Waals surface area contributed by atoms with E-state index in [0.717, 1.165) is 56.6 Å². The highest BCUT2D eigenvalue weighted by atomic mass is 35.5. The van der Waals surface area contributed by atoms with Gasteiger partial charge in [0, 0.05) is 23.5 Å². The lowest BCUT2D eigenvalue weighted by molar-refractivity contribution is 0.660. The first-order chi connectivity index (χ1) is 16.7. The Kier molecular flexibility index (Phi) is 9.02. The zero-order valence-electron chi connectivity index (χ0n) is 21.1. The van der Waals surface area contributed by atoms with Crippen LogP contribution in [0.5, 0.6) is 0 Å². The molecule has 0 N–H and O–H groups in total. The highest BCUT2D eigenvalue weighted by molar-refractivity contribution is 7.15. The maximum atomic E-state index is 5.91. The molecule has 3 rings (SSSR count). The molecule has 3 aromatic rings. The first kappa shape index (κ1) is 26.4. The van der Waals surface area contributed by atoms with Crippen LogP contribution < -0.4 is 0 Å². The summed E-state index contributed by atoms with van der Waals surface area (Å²) < 4.78 is 3.90. The molecule has 0 saturated carbocycles. The van der Waals surface area contributed by atoms with Crippen molar-refractivity contribution in [2.24, 2.45) is 4.99 Å². The van der Waals surface area contributed by atoms with Gasteiger partial charge in [0.15, 0.2) is 5.82 Å². The molecule has 1 atom stereocenters. The summed E-state index contributed by atoms with van der Waals surface area (Å²) in [6.45, 7) is 16.9. The zero-order chi connectivity index (χ0) is 25.5. The van der Waals surface area contributed by atoms with Gasteiger partial charge in [-0.2, -0.15) is 5.10 Å². The number of aryl methyl sites for hydroxylation is 1. The number of aliphatic imine (C=N–C) groups is 1. The SMILES string of the molecule is C=C(Cl)/C=C\C(=C/CC)C(C)=N[C@@H](C)c1nncn1-c1sc(C#Cc2cnn(CC)c2)c(C)c1C. The van der Waals surface area contributed by atoms with Gasteiger partial charge in [-0.25, -0.2) is 0 Å². The molecule has 0 saturated heterocycles. The molecule has 0 spiro atoms. The second kappa shape index (κ2) is 12.0. The van der Waals surface area contributed by atoms with Gasteiger partial charge in [0.2, 0.25) is 0 Å². The smallest absolute Gasteiger partial charge is 0.162 e. The van der Waals surface area contributed by atoms with Gasteiger partial charge in [-0.3, -0.25) is 14.2 Å². The summed E-state index contributed by atoms with van der Waals surface area (Å²) >= 11 is 7.55. The average molecular weight is 507 g/mol. The number of allylic oxidation sites excluding steroid dienone is 5. The molecule has 0 aliphatic rings. The maximum Gasteiger partial charge on any atom is 0.162 e. The van der Waals surface area contributed by atoms with E-state index in [1.54, 1.807) is 29.9 Å². The van der Waals surface area contributed by atoms with Crippen LogP contribution in [0.3, 0.4) is 0 Å². The van der Waals surface area contributed by atoms with Crippen molar-refractivity contribution < 1.29 is 0 Å². The third kappa shape index (κ3) is 6.47. The van der Waals surface area contributed by atoms with Gasteiger partial charge in [-0.15, -0.1) is 21.5 Å². The molecule has 3 heterocycles. The summed E-state index contributed by atoms with van der Waals surface area (Å²) in [4.78, 5) is 5.94. The van der Waals surface area contributed by atoms with E-state index in [4.69, 9.17) is 16.6 Å². The van der Waals surface area contributed by atoms with E-state index in [1.807, 2.05) is 35.4 Å². The minimum atomic E-state index is -0.193. The predicted molar refractivity (Wildman–Crippen MR) is 147 cm³/mol. The van der Waals surface area contributed by atoms with E-state index >= 15 is 0 Å². The van der Waals surface area contributed by atoms with Crippen LogP contribution in [0.25, 0.3) is 5.00 Å². The van der Waals surface area contributed by atoms with Crippen molar-refractivity contribution in [1.29, 1.82) is 0 Å². The predicted octanol–water partition coefficient (Wildman–Crippen LogP) is 6.73. The van der Waals surface area contributed by atoms with Crippen molar-refractivity contribution in [3.05, 3.63) is 81.5 Å². The van der Waals surface area contributed by atoms with Gasteiger partial charge in [0.25, 0.3) is 0 Å². The van der Waals surface area contributed by atoms with E-state index in [9.17, 15) is 0 Å². The third-order valence-corrected chi connectivity index (χ3v) is 6.97. The highest BCUT2D eigenvalue weighted by Gasteiger charge is 2.19. The third-order valence-electron chi connectivity index (χ3n) is 5.54. The molecule has 0 amide bonds. The van der Waals surface area contributed by atoms with Gasteiger partial charge < -0.3 is 0 Å². The van der Waals surface area contributed by atoms with E-state index in [0.29, 0.717) is 5.03 Å². The van der Waals surface area contributed by atoms with Gasteiger partial charge >= 0.3 is 0 Å². The van der Waals surface area contributed by atoms with E-state index in [-0.39, 0.29) is 6.04 Å².